The predicted molar refractivity (Wildman–Crippen MR) is 96.7 cm³/mol. The summed E-state index contributed by atoms with van der Waals surface area (Å²) in [6.07, 6.45) is 8.94. The van der Waals surface area contributed by atoms with E-state index in [0.29, 0.717) is 24.3 Å². The van der Waals surface area contributed by atoms with Crippen LogP contribution in [-0.4, -0.2) is 52.9 Å². The van der Waals surface area contributed by atoms with E-state index in [1.54, 1.807) is 6.20 Å². The fourth-order valence-electron chi connectivity index (χ4n) is 3.74. The molecule has 1 aliphatic carbocycles. The van der Waals surface area contributed by atoms with Crippen molar-refractivity contribution in [3.05, 3.63) is 30.1 Å². The molecule has 3 rings (SSSR count). The molecule has 1 saturated heterocycles. The average Bonchev–Trinajstić information content (AvgIpc) is 3.41. The van der Waals surface area contributed by atoms with Gasteiger partial charge in [0.15, 0.2) is 0 Å². The van der Waals surface area contributed by atoms with Gasteiger partial charge in [0.1, 0.15) is 0 Å². The molecule has 4 heteroatoms. The zero-order valence-electron chi connectivity index (χ0n) is 15.2. The van der Waals surface area contributed by atoms with Crippen molar-refractivity contribution < 1.29 is 4.79 Å². The second-order valence-electron chi connectivity index (χ2n) is 7.80. The number of hydrogen-bond acceptors (Lipinski definition) is 3. The van der Waals surface area contributed by atoms with Gasteiger partial charge in [0.2, 0.25) is 5.91 Å². The predicted octanol–water partition coefficient (Wildman–Crippen LogP) is 2.98. The van der Waals surface area contributed by atoms with Gasteiger partial charge in [-0.25, -0.2) is 0 Å². The van der Waals surface area contributed by atoms with E-state index in [9.17, 15) is 4.79 Å². The molecular formula is C20H31N3O. The van der Waals surface area contributed by atoms with E-state index in [0.717, 1.165) is 44.0 Å². The molecule has 1 aromatic rings. The number of amides is 1. The smallest absolute Gasteiger partial charge is 0.222 e. The molecule has 1 atom stereocenters. The lowest BCUT2D eigenvalue weighted by Gasteiger charge is -2.34. The number of carbonyl (C=O) groups excluding carboxylic acids is 1. The molecule has 24 heavy (non-hydrogen) atoms. The van der Waals surface area contributed by atoms with E-state index in [1.165, 1.54) is 19.4 Å². The van der Waals surface area contributed by atoms with Crippen molar-refractivity contribution in [2.24, 2.45) is 11.8 Å². The maximum Gasteiger partial charge on any atom is 0.222 e. The van der Waals surface area contributed by atoms with Gasteiger partial charge < -0.3 is 4.90 Å². The summed E-state index contributed by atoms with van der Waals surface area (Å²) < 4.78 is 0. The Hall–Kier alpha value is -1.42. The first-order chi connectivity index (χ1) is 11.6. The summed E-state index contributed by atoms with van der Waals surface area (Å²) >= 11 is 0. The molecule has 1 aromatic heterocycles. The van der Waals surface area contributed by atoms with Crippen molar-refractivity contribution in [1.29, 1.82) is 0 Å². The number of hydrogen-bond donors (Lipinski definition) is 0. The Kier molecular flexibility index (Phi) is 5.88. The van der Waals surface area contributed by atoms with Crippen LogP contribution in [-0.2, 0) is 11.2 Å². The van der Waals surface area contributed by atoms with Crippen LogP contribution in [0.15, 0.2) is 24.5 Å². The maximum absolute atomic E-state index is 12.7. The molecule has 2 heterocycles. The molecule has 0 N–H and O–H groups in total. The highest BCUT2D eigenvalue weighted by Crippen LogP contribution is 2.31. The van der Waals surface area contributed by atoms with E-state index in [-0.39, 0.29) is 0 Å². The van der Waals surface area contributed by atoms with Gasteiger partial charge in [-0.2, -0.15) is 0 Å². The highest BCUT2D eigenvalue weighted by atomic mass is 16.2. The normalized spacial score (nSPS) is 22.6. The van der Waals surface area contributed by atoms with Gasteiger partial charge >= 0.3 is 0 Å². The number of rotatable bonds is 6. The zero-order chi connectivity index (χ0) is 16.9. The standard InChI is InChI=1S/C20H31N3O/c1-16(2)19-15-23(12-4-11-22(19)14-18-6-7-18)20(24)9-8-17-5-3-10-21-13-17/h3,5,10,13,16,18-19H,4,6-9,11-12,14-15H2,1-2H3. The fourth-order valence-corrected chi connectivity index (χ4v) is 3.74. The van der Waals surface area contributed by atoms with Gasteiger partial charge in [0, 0.05) is 51.0 Å². The van der Waals surface area contributed by atoms with Gasteiger partial charge in [0.25, 0.3) is 0 Å². The van der Waals surface area contributed by atoms with Crippen LogP contribution in [0.2, 0.25) is 0 Å². The zero-order valence-corrected chi connectivity index (χ0v) is 15.2. The van der Waals surface area contributed by atoms with Crippen molar-refractivity contribution in [1.82, 2.24) is 14.8 Å². The Morgan fingerprint density at radius 2 is 2.17 bits per heavy atom. The maximum atomic E-state index is 12.7. The van der Waals surface area contributed by atoms with Gasteiger partial charge in [0.05, 0.1) is 0 Å². The largest absolute Gasteiger partial charge is 0.341 e. The summed E-state index contributed by atoms with van der Waals surface area (Å²) in [6.45, 7) is 8.79. The molecule has 1 saturated carbocycles. The molecule has 0 bridgehead atoms. The van der Waals surface area contributed by atoms with Crippen molar-refractivity contribution >= 4 is 5.91 Å². The molecule has 132 valence electrons. The monoisotopic (exact) mass is 329 g/mol. The molecule has 4 nitrogen and oxygen atoms in total. The number of aromatic nitrogens is 1. The van der Waals surface area contributed by atoms with Crippen LogP contribution in [0.3, 0.4) is 0 Å². The number of nitrogens with zero attached hydrogens (tertiary/aromatic N) is 3. The first-order valence-electron chi connectivity index (χ1n) is 9.54. The summed E-state index contributed by atoms with van der Waals surface area (Å²) in [6, 6.07) is 4.50. The van der Waals surface area contributed by atoms with E-state index in [4.69, 9.17) is 0 Å². The van der Waals surface area contributed by atoms with Crippen LogP contribution < -0.4 is 0 Å². The third-order valence-corrected chi connectivity index (χ3v) is 5.41. The van der Waals surface area contributed by atoms with Gasteiger partial charge in [-0.15, -0.1) is 0 Å². The van der Waals surface area contributed by atoms with Gasteiger partial charge in [-0.1, -0.05) is 19.9 Å². The molecule has 0 aromatic carbocycles. The van der Waals surface area contributed by atoms with Crippen LogP contribution in [0.25, 0.3) is 0 Å². The molecule has 1 amide bonds. The first-order valence-corrected chi connectivity index (χ1v) is 9.54. The van der Waals surface area contributed by atoms with Gasteiger partial charge in [-0.05, 0) is 49.1 Å². The summed E-state index contributed by atoms with van der Waals surface area (Å²) in [7, 11) is 0. The molecule has 2 fully saturated rings. The van der Waals surface area contributed by atoms with Crippen LogP contribution in [0.1, 0.15) is 45.1 Å². The fraction of sp³-hybridized carbons (Fsp3) is 0.700. The molecule has 0 radical (unpaired) electrons. The van der Waals surface area contributed by atoms with Crippen LogP contribution in [0, 0.1) is 11.8 Å². The van der Waals surface area contributed by atoms with E-state index in [2.05, 4.69) is 34.7 Å². The molecule has 1 unspecified atom stereocenters. The molecule has 2 aliphatic rings. The highest BCUT2D eigenvalue weighted by molar-refractivity contribution is 5.76. The Morgan fingerprint density at radius 1 is 1.33 bits per heavy atom. The molecule has 1 aliphatic heterocycles. The van der Waals surface area contributed by atoms with E-state index >= 15 is 0 Å². The quantitative estimate of drug-likeness (QED) is 0.805. The highest BCUT2D eigenvalue weighted by Gasteiger charge is 2.33. The molecular weight excluding hydrogens is 298 g/mol. The topological polar surface area (TPSA) is 36.4 Å². The summed E-state index contributed by atoms with van der Waals surface area (Å²) in [5, 5.41) is 0. The van der Waals surface area contributed by atoms with Crippen molar-refractivity contribution in [3.63, 3.8) is 0 Å². The van der Waals surface area contributed by atoms with Crippen LogP contribution >= 0.6 is 0 Å². The van der Waals surface area contributed by atoms with Crippen molar-refractivity contribution in [2.75, 3.05) is 26.2 Å². The minimum atomic E-state index is 0.303. The second kappa shape index (κ2) is 8.11. The lowest BCUT2D eigenvalue weighted by Crippen LogP contribution is -2.46. The molecule has 0 spiro atoms. The van der Waals surface area contributed by atoms with Crippen molar-refractivity contribution in [2.45, 2.75) is 52.0 Å². The minimum Gasteiger partial charge on any atom is -0.341 e. The number of pyridine rings is 1. The van der Waals surface area contributed by atoms with E-state index < -0.39 is 0 Å². The number of carbonyl (C=O) groups is 1. The summed E-state index contributed by atoms with van der Waals surface area (Å²) in [5.41, 5.74) is 1.15. The Labute approximate surface area is 146 Å². The summed E-state index contributed by atoms with van der Waals surface area (Å²) in [4.78, 5) is 21.6. The van der Waals surface area contributed by atoms with Crippen molar-refractivity contribution in [3.8, 4) is 0 Å². The summed E-state index contributed by atoms with van der Waals surface area (Å²) in [5.74, 6) is 1.81. The van der Waals surface area contributed by atoms with Gasteiger partial charge in [-0.3, -0.25) is 14.7 Å². The SMILES string of the molecule is CC(C)C1CN(C(=O)CCc2cccnc2)CCCN1CC1CC1. The minimum absolute atomic E-state index is 0.303. The first kappa shape index (κ1) is 17.4. The Morgan fingerprint density at radius 3 is 2.83 bits per heavy atom. The van der Waals surface area contributed by atoms with E-state index in [1.807, 2.05) is 12.3 Å². The Bertz CT molecular complexity index is 527. The average molecular weight is 329 g/mol. The van der Waals surface area contributed by atoms with Crippen LogP contribution in [0.4, 0.5) is 0 Å². The third-order valence-electron chi connectivity index (χ3n) is 5.41. The van der Waals surface area contributed by atoms with Crippen LogP contribution in [0.5, 0.6) is 0 Å². The number of aryl methyl sites for hydroxylation is 1. The lowest BCUT2D eigenvalue weighted by atomic mass is 10.0. The third kappa shape index (κ3) is 4.79. The lowest BCUT2D eigenvalue weighted by molar-refractivity contribution is -0.131. The second-order valence-corrected chi connectivity index (χ2v) is 7.80. The Balaban J connectivity index is 1.57.